The highest BCUT2D eigenvalue weighted by molar-refractivity contribution is 6.02. The predicted molar refractivity (Wildman–Crippen MR) is 138 cm³/mol. The van der Waals surface area contributed by atoms with Gasteiger partial charge in [-0.15, -0.1) is 0 Å². The Morgan fingerprint density at radius 1 is 1.30 bits per heavy atom. The lowest BCUT2D eigenvalue weighted by atomic mass is 9.83. The van der Waals surface area contributed by atoms with Crippen LogP contribution in [0.25, 0.3) is 10.9 Å². The quantitative estimate of drug-likeness (QED) is 0.448. The molecule has 0 bridgehead atoms. The second-order valence-corrected chi connectivity index (χ2v) is 10.8. The number of aromatic nitrogens is 1. The van der Waals surface area contributed by atoms with Crippen LogP contribution in [0.3, 0.4) is 0 Å². The molecule has 1 aliphatic carbocycles. The first-order valence-corrected chi connectivity index (χ1v) is 13.2. The normalized spacial score (nSPS) is 24.2. The third-order valence-corrected chi connectivity index (χ3v) is 8.33. The van der Waals surface area contributed by atoms with Gasteiger partial charge in [-0.2, -0.15) is 0 Å². The molecule has 2 aliphatic heterocycles. The molecule has 5 rings (SSSR count). The maximum Gasteiger partial charge on any atom is 0.271 e. The van der Waals surface area contributed by atoms with Gasteiger partial charge in [0.2, 0.25) is 11.8 Å². The molecule has 3 amide bonds. The van der Waals surface area contributed by atoms with Crippen molar-refractivity contribution >= 4 is 28.6 Å². The van der Waals surface area contributed by atoms with Crippen LogP contribution < -0.4 is 21.1 Å². The Morgan fingerprint density at radius 3 is 2.86 bits per heavy atom. The SMILES string of the molecule is COc1cccc2[nH]c(C(=O)N3CC4(CCCC4)C[C@H]3C(=O)N[C@@H](C[C@@H]3CCNCOC3)C(N)=O)cc12. The summed E-state index contributed by atoms with van der Waals surface area (Å²) in [7, 11) is 1.60. The molecule has 2 aromatic rings. The average molecular weight is 512 g/mol. The van der Waals surface area contributed by atoms with Crippen molar-refractivity contribution in [1.82, 2.24) is 20.5 Å². The first-order chi connectivity index (χ1) is 17.9. The second-order valence-electron chi connectivity index (χ2n) is 10.8. The van der Waals surface area contributed by atoms with Crippen LogP contribution in [0.15, 0.2) is 24.3 Å². The number of aromatic amines is 1. The number of fused-ring (bicyclic) bond motifs is 1. The Bertz CT molecular complexity index is 1150. The van der Waals surface area contributed by atoms with Crippen LogP contribution >= 0.6 is 0 Å². The van der Waals surface area contributed by atoms with E-state index in [1.165, 1.54) is 0 Å². The number of primary amides is 1. The van der Waals surface area contributed by atoms with Crippen molar-refractivity contribution < 1.29 is 23.9 Å². The molecule has 2 saturated heterocycles. The Kier molecular flexibility index (Phi) is 7.39. The minimum absolute atomic E-state index is 0.0651. The van der Waals surface area contributed by atoms with Crippen molar-refractivity contribution in [3.05, 3.63) is 30.0 Å². The number of methoxy groups -OCH3 is 1. The standard InChI is InChI=1S/C27H37N5O5/c1-36-23-6-4-5-19-18(23)12-21(30-19)26(35)32-15-27(8-2-3-9-27)13-22(32)25(34)31-20(24(28)33)11-17-7-10-29-16-37-14-17/h4-6,12,17,20,22,29-30H,2-3,7-11,13-16H2,1H3,(H2,28,33)(H,31,34)/t17-,20-,22-/m0/s1. The molecule has 200 valence electrons. The summed E-state index contributed by atoms with van der Waals surface area (Å²) in [6.07, 6.45) is 6.02. The monoisotopic (exact) mass is 511 g/mol. The van der Waals surface area contributed by atoms with Crippen molar-refractivity contribution in [2.24, 2.45) is 17.1 Å². The number of likely N-dealkylation sites (tertiary alicyclic amines) is 1. The zero-order chi connectivity index (χ0) is 26.0. The summed E-state index contributed by atoms with van der Waals surface area (Å²) in [4.78, 5) is 44.7. The maximum absolute atomic E-state index is 13.8. The summed E-state index contributed by atoms with van der Waals surface area (Å²) in [6, 6.07) is 5.93. The van der Waals surface area contributed by atoms with Gasteiger partial charge in [-0.3, -0.25) is 19.7 Å². The van der Waals surface area contributed by atoms with Crippen molar-refractivity contribution in [2.75, 3.05) is 33.5 Å². The lowest BCUT2D eigenvalue weighted by molar-refractivity contribution is -0.130. The zero-order valence-electron chi connectivity index (χ0n) is 21.4. The highest BCUT2D eigenvalue weighted by Gasteiger charge is 2.50. The number of nitrogens with zero attached hydrogens (tertiary/aromatic N) is 1. The number of nitrogens with one attached hydrogen (secondary N) is 3. The topological polar surface area (TPSA) is 139 Å². The van der Waals surface area contributed by atoms with E-state index >= 15 is 0 Å². The number of nitrogens with two attached hydrogens (primary N) is 1. The van der Waals surface area contributed by atoms with Crippen LogP contribution in [0.1, 0.15) is 55.4 Å². The molecule has 1 aromatic carbocycles. The van der Waals surface area contributed by atoms with E-state index in [9.17, 15) is 14.4 Å². The van der Waals surface area contributed by atoms with E-state index in [4.69, 9.17) is 15.2 Å². The van der Waals surface area contributed by atoms with Gasteiger partial charge < -0.3 is 30.4 Å². The van der Waals surface area contributed by atoms with E-state index in [1.54, 1.807) is 18.1 Å². The van der Waals surface area contributed by atoms with E-state index in [0.29, 0.717) is 44.2 Å². The Labute approximate surface area is 216 Å². The highest BCUT2D eigenvalue weighted by atomic mass is 16.5. The van der Waals surface area contributed by atoms with E-state index in [-0.39, 0.29) is 23.1 Å². The van der Waals surface area contributed by atoms with Gasteiger partial charge in [0, 0.05) is 17.4 Å². The Balaban J connectivity index is 1.37. The van der Waals surface area contributed by atoms with Crippen LogP contribution in [-0.4, -0.2) is 73.2 Å². The number of benzene rings is 1. The van der Waals surface area contributed by atoms with Gasteiger partial charge in [0.05, 0.1) is 20.4 Å². The van der Waals surface area contributed by atoms with Crippen LogP contribution in [0.4, 0.5) is 0 Å². The van der Waals surface area contributed by atoms with Crippen LogP contribution in [0, 0.1) is 11.3 Å². The third-order valence-electron chi connectivity index (χ3n) is 8.33. The number of rotatable bonds is 7. The smallest absolute Gasteiger partial charge is 0.271 e. The molecule has 5 N–H and O–H groups in total. The van der Waals surface area contributed by atoms with Gasteiger partial charge in [-0.25, -0.2) is 0 Å². The first kappa shape index (κ1) is 25.5. The van der Waals surface area contributed by atoms with Crippen LogP contribution in [-0.2, 0) is 14.3 Å². The lowest BCUT2D eigenvalue weighted by Crippen LogP contribution is -2.53. The molecule has 37 heavy (non-hydrogen) atoms. The van der Waals surface area contributed by atoms with Gasteiger partial charge >= 0.3 is 0 Å². The highest BCUT2D eigenvalue weighted by Crippen LogP contribution is 2.48. The molecular weight excluding hydrogens is 474 g/mol. The average Bonchev–Trinajstić information content (AvgIpc) is 3.58. The summed E-state index contributed by atoms with van der Waals surface area (Å²) in [5.41, 5.74) is 6.86. The molecule has 3 fully saturated rings. The number of hydrogen-bond donors (Lipinski definition) is 4. The predicted octanol–water partition coefficient (Wildman–Crippen LogP) is 1.90. The third kappa shape index (κ3) is 5.31. The molecule has 1 spiro atoms. The Hall–Kier alpha value is -3.11. The van der Waals surface area contributed by atoms with E-state index in [1.807, 2.05) is 18.2 Å². The number of H-pyrrole nitrogens is 1. The first-order valence-electron chi connectivity index (χ1n) is 13.2. The van der Waals surface area contributed by atoms with Crippen molar-refractivity contribution in [2.45, 2.75) is 57.0 Å². The fourth-order valence-corrected chi connectivity index (χ4v) is 6.36. The number of hydrogen-bond acceptors (Lipinski definition) is 6. The van der Waals surface area contributed by atoms with E-state index in [2.05, 4.69) is 15.6 Å². The Morgan fingerprint density at radius 2 is 2.11 bits per heavy atom. The van der Waals surface area contributed by atoms with Gasteiger partial charge in [0.25, 0.3) is 5.91 Å². The molecule has 1 aromatic heterocycles. The van der Waals surface area contributed by atoms with Crippen LogP contribution in [0.2, 0.25) is 0 Å². The minimum atomic E-state index is -0.811. The van der Waals surface area contributed by atoms with Gasteiger partial charge in [-0.1, -0.05) is 18.9 Å². The van der Waals surface area contributed by atoms with Crippen molar-refractivity contribution in [3.8, 4) is 5.75 Å². The van der Waals surface area contributed by atoms with E-state index < -0.39 is 18.0 Å². The van der Waals surface area contributed by atoms with Gasteiger partial charge in [-0.05, 0) is 68.2 Å². The van der Waals surface area contributed by atoms with Crippen molar-refractivity contribution in [3.63, 3.8) is 0 Å². The fourth-order valence-electron chi connectivity index (χ4n) is 6.36. The largest absolute Gasteiger partial charge is 0.496 e. The molecule has 0 radical (unpaired) electrons. The molecule has 3 heterocycles. The van der Waals surface area contributed by atoms with Crippen LogP contribution in [0.5, 0.6) is 5.75 Å². The second kappa shape index (κ2) is 10.7. The van der Waals surface area contributed by atoms with E-state index in [0.717, 1.165) is 49.6 Å². The number of carbonyl (C=O) groups is 3. The van der Waals surface area contributed by atoms with Gasteiger partial charge in [0.1, 0.15) is 23.5 Å². The summed E-state index contributed by atoms with van der Waals surface area (Å²) >= 11 is 0. The molecule has 3 atom stereocenters. The van der Waals surface area contributed by atoms with Crippen molar-refractivity contribution in [1.29, 1.82) is 0 Å². The molecule has 1 saturated carbocycles. The summed E-state index contributed by atoms with van der Waals surface area (Å²) in [5.74, 6) is -0.322. The molecule has 10 heteroatoms. The van der Waals surface area contributed by atoms with Gasteiger partial charge in [0.15, 0.2) is 0 Å². The summed E-state index contributed by atoms with van der Waals surface area (Å²) < 4.78 is 11.0. The summed E-state index contributed by atoms with van der Waals surface area (Å²) in [6.45, 7) is 2.30. The molecule has 0 unspecified atom stereocenters. The summed E-state index contributed by atoms with van der Waals surface area (Å²) in [5, 5.41) is 6.88. The lowest BCUT2D eigenvalue weighted by Gasteiger charge is -2.26. The number of amides is 3. The molecule has 3 aliphatic rings. The molecular formula is C27H37N5O5. The zero-order valence-corrected chi connectivity index (χ0v) is 21.4. The minimum Gasteiger partial charge on any atom is -0.496 e. The molecule has 10 nitrogen and oxygen atoms in total. The number of carbonyl (C=O) groups excluding carboxylic acids is 3. The maximum atomic E-state index is 13.8. The number of ether oxygens (including phenoxy) is 2. The fraction of sp³-hybridized carbons (Fsp3) is 0.593.